The molecule has 0 atom stereocenters. The second-order valence-corrected chi connectivity index (χ2v) is 6.03. The lowest BCUT2D eigenvalue weighted by Gasteiger charge is -2.06. The molecule has 9 heteroatoms. The molecule has 4 aromatic heterocycles. The summed E-state index contributed by atoms with van der Waals surface area (Å²) in [6.45, 7) is 0.269. The summed E-state index contributed by atoms with van der Waals surface area (Å²) < 4.78 is 12.6. The van der Waals surface area contributed by atoms with Crippen molar-refractivity contribution in [3.05, 3.63) is 60.3 Å². The van der Waals surface area contributed by atoms with Crippen LogP contribution in [-0.2, 0) is 6.61 Å². The second kappa shape index (κ2) is 7.82. The Hall–Kier alpha value is -4.19. The molecule has 0 unspecified atom stereocenters. The molecule has 144 valence electrons. The van der Waals surface area contributed by atoms with Crippen molar-refractivity contribution < 1.29 is 9.47 Å². The maximum Gasteiger partial charge on any atom is 0.232 e. The van der Waals surface area contributed by atoms with Gasteiger partial charge in [-0.25, -0.2) is 15.0 Å². The van der Waals surface area contributed by atoms with Crippen LogP contribution in [-0.4, -0.2) is 38.5 Å². The standard InChI is InChI=1S/C20H17N7O2/c1-22-20-19(26-17-7-13(8-21)5-6-27(17)20)16-10-25-18(11-24-16)29-12-14-3-4-15(28-2)9-23-14/h3-7,9-11,22H,12H2,1-2H3. The number of anilines is 1. The Morgan fingerprint density at radius 1 is 1.14 bits per heavy atom. The summed E-state index contributed by atoms with van der Waals surface area (Å²) in [6, 6.07) is 9.21. The number of aromatic nitrogens is 5. The molecule has 0 saturated carbocycles. The molecule has 0 aliphatic carbocycles. The van der Waals surface area contributed by atoms with E-state index in [0.717, 1.165) is 11.5 Å². The monoisotopic (exact) mass is 387 g/mol. The first-order chi connectivity index (χ1) is 14.2. The van der Waals surface area contributed by atoms with Crippen LogP contribution >= 0.6 is 0 Å². The van der Waals surface area contributed by atoms with Crippen molar-refractivity contribution >= 4 is 11.5 Å². The van der Waals surface area contributed by atoms with Gasteiger partial charge < -0.3 is 14.8 Å². The van der Waals surface area contributed by atoms with E-state index in [0.29, 0.717) is 34.2 Å². The van der Waals surface area contributed by atoms with Gasteiger partial charge in [-0.1, -0.05) is 0 Å². The molecule has 29 heavy (non-hydrogen) atoms. The molecule has 0 spiro atoms. The lowest BCUT2D eigenvalue weighted by Crippen LogP contribution is -2.01. The van der Waals surface area contributed by atoms with Crippen molar-refractivity contribution in [1.29, 1.82) is 5.26 Å². The largest absolute Gasteiger partial charge is 0.495 e. The van der Waals surface area contributed by atoms with Gasteiger partial charge in [-0.3, -0.25) is 9.38 Å². The number of methoxy groups -OCH3 is 1. The van der Waals surface area contributed by atoms with E-state index in [1.54, 1.807) is 51.1 Å². The first-order valence-electron chi connectivity index (χ1n) is 8.76. The van der Waals surface area contributed by atoms with Crippen molar-refractivity contribution in [2.45, 2.75) is 6.61 Å². The molecule has 0 radical (unpaired) electrons. The molecular formula is C20H17N7O2. The van der Waals surface area contributed by atoms with Crippen molar-refractivity contribution in [1.82, 2.24) is 24.3 Å². The third-order valence-corrected chi connectivity index (χ3v) is 4.26. The van der Waals surface area contributed by atoms with Crippen molar-refractivity contribution in [3.8, 4) is 29.1 Å². The number of fused-ring (bicyclic) bond motifs is 1. The molecule has 0 aromatic carbocycles. The minimum Gasteiger partial charge on any atom is -0.495 e. The lowest BCUT2D eigenvalue weighted by atomic mass is 10.3. The van der Waals surface area contributed by atoms with E-state index in [2.05, 4.69) is 31.3 Å². The van der Waals surface area contributed by atoms with Gasteiger partial charge in [0.05, 0.1) is 43.0 Å². The van der Waals surface area contributed by atoms with Crippen LogP contribution in [0.1, 0.15) is 11.3 Å². The van der Waals surface area contributed by atoms with Crippen LogP contribution < -0.4 is 14.8 Å². The van der Waals surface area contributed by atoms with Gasteiger partial charge in [0.1, 0.15) is 35.2 Å². The molecule has 0 aliphatic heterocycles. The zero-order chi connectivity index (χ0) is 20.2. The Kier molecular flexibility index (Phi) is 4.90. The van der Waals surface area contributed by atoms with Crippen LogP contribution in [0.5, 0.6) is 11.6 Å². The molecule has 0 amide bonds. The van der Waals surface area contributed by atoms with Gasteiger partial charge in [-0.05, 0) is 24.3 Å². The minimum absolute atomic E-state index is 0.269. The molecule has 0 saturated heterocycles. The van der Waals surface area contributed by atoms with Crippen LogP contribution in [0.2, 0.25) is 0 Å². The predicted molar refractivity (Wildman–Crippen MR) is 106 cm³/mol. The summed E-state index contributed by atoms with van der Waals surface area (Å²) in [7, 11) is 3.40. The number of rotatable bonds is 6. The Morgan fingerprint density at radius 3 is 2.69 bits per heavy atom. The van der Waals surface area contributed by atoms with Crippen LogP contribution in [0.25, 0.3) is 17.0 Å². The maximum absolute atomic E-state index is 9.09. The van der Waals surface area contributed by atoms with E-state index in [-0.39, 0.29) is 6.61 Å². The number of nitrogens with zero attached hydrogens (tertiary/aromatic N) is 6. The fraction of sp³-hybridized carbons (Fsp3) is 0.150. The number of nitrogens with one attached hydrogen (secondary N) is 1. The highest BCUT2D eigenvalue weighted by Crippen LogP contribution is 2.27. The molecule has 4 aromatic rings. The highest BCUT2D eigenvalue weighted by atomic mass is 16.5. The van der Waals surface area contributed by atoms with Gasteiger partial charge in [0.15, 0.2) is 0 Å². The van der Waals surface area contributed by atoms with Crippen LogP contribution in [0.4, 0.5) is 5.82 Å². The van der Waals surface area contributed by atoms with Crippen LogP contribution in [0.3, 0.4) is 0 Å². The van der Waals surface area contributed by atoms with E-state index in [9.17, 15) is 0 Å². The quantitative estimate of drug-likeness (QED) is 0.538. The summed E-state index contributed by atoms with van der Waals surface area (Å²) in [5.74, 6) is 1.83. The maximum atomic E-state index is 9.09. The predicted octanol–water partition coefficient (Wildman–Crippen LogP) is 2.69. The first kappa shape index (κ1) is 18.2. The number of hydrogen-bond acceptors (Lipinski definition) is 8. The van der Waals surface area contributed by atoms with Gasteiger partial charge in [-0.15, -0.1) is 0 Å². The fourth-order valence-corrected chi connectivity index (χ4v) is 2.81. The zero-order valence-corrected chi connectivity index (χ0v) is 15.8. The number of pyridine rings is 2. The topological polar surface area (TPSA) is 110 Å². The normalized spacial score (nSPS) is 10.5. The molecular weight excluding hydrogens is 370 g/mol. The highest BCUT2D eigenvalue weighted by molar-refractivity contribution is 5.74. The summed E-state index contributed by atoms with van der Waals surface area (Å²) in [5, 5.41) is 12.2. The first-order valence-corrected chi connectivity index (χ1v) is 8.76. The molecule has 0 fully saturated rings. The zero-order valence-electron chi connectivity index (χ0n) is 15.8. The lowest BCUT2D eigenvalue weighted by molar-refractivity contribution is 0.287. The number of ether oxygens (including phenoxy) is 2. The number of nitriles is 1. The highest BCUT2D eigenvalue weighted by Gasteiger charge is 2.15. The molecule has 0 aliphatic rings. The summed E-state index contributed by atoms with van der Waals surface area (Å²) in [5.41, 5.74) is 3.17. The van der Waals surface area contributed by atoms with Gasteiger partial charge in [0, 0.05) is 13.2 Å². The van der Waals surface area contributed by atoms with Crippen molar-refractivity contribution in [2.24, 2.45) is 0 Å². The summed E-state index contributed by atoms with van der Waals surface area (Å²) in [4.78, 5) is 17.6. The van der Waals surface area contributed by atoms with Gasteiger partial charge in [0.2, 0.25) is 5.88 Å². The number of hydrogen-bond donors (Lipinski definition) is 1. The molecule has 1 N–H and O–H groups in total. The summed E-state index contributed by atoms with van der Waals surface area (Å²) >= 11 is 0. The molecule has 0 bridgehead atoms. The van der Waals surface area contributed by atoms with Crippen molar-refractivity contribution in [3.63, 3.8) is 0 Å². The average molecular weight is 387 g/mol. The molecule has 9 nitrogen and oxygen atoms in total. The minimum atomic E-state index is 0.269. The van der Waals surface area contributed by atoms with Gasteiger partial charge in [0.25, 0.3) is 0 Å². The third-order valence-electron chi connectivity index (χ3n) is 4.26. The van der Waals surface area contributed by atoms with Gasteiger partial charge in [-0.2, -0.15) is 5.26 Å². The fourth-order valence-electron chi connectivity index (χ4n) is 2.81. The van der Waals surface area contributed by atoms with E-state index in [1.807, 2.05) is 16.5 Å². The van der Waals surface area contributed by atoms with Crippen LogP contribution in [0.15, 0.2) is 49.1 Å². The average Bonchev–Trinajstić information content (AvgIpc) is 3.16. The Morgan fingerprint density at radius 2 is 2.03 bits per heavy atom. The van der Waals surface area contributed by atoms with E-state index < -0.39 is 0 Å². The Balaban J connectivity index is 1.55. The van der Waals surface area contributed by atoms with Crippen LogP contribution in [0, 0.1) is 11.3 Å². The summed E-state index contributed by atoms with van der Waals surface area (Å²) in [6.07, 6.45) is 6.57. The van der Waals surface area contributed by atoms with E-state index in [4.69, 9.17) is 14.7 Å². The SMILES string of the molecule is CNc1c(-c2cnc(OCc3ccc(OC)cn3)cn2)nc2cc(C#N)ccn12. The Labute approximate surface area is 166 Å². The second-order valence-electron chi connectivity index (χ2n) is 6.03. The van der Waals surface area contributed by atoms with Crippen molar-refractivity contribution in [2.75, 3.05) is 19.5 Å². The van der Waals surface area contributed by atoms with E-state index in [1.165, 1.54) is 0 Å². The number of imidazole rings is 1. The smallest absolute Gasteiger partial charge is 0.232 e. The Bertz CT molecular complexity index is 1180. The molecule has 4 heterocycles. The van der Waals surface area contributed by atoms with E-state index >= 15 is 0 Å². The van der Waals surface area contributed by atoms with Gasteiger partial charge >= 0.3 is 0 Å². The molecule has 4 rings (SSSR count). The third kappa shape index (κ3) is 3.64.